The summed E-state index contributed by atoms with van der Waals surface area (Å²) in [6.07, 6.45) is 3.04. The fourth-order valence-electron chi connectivity index (χ4n) is 3.66. The molecule has 35 heavy (non-hydrogen) atoms. The zero-order valence-corrected chi connectivity index (χ0v) is 18.6. The second-order valence-electron chi connectivity index (χ2n) is 7.86. The van der Waals surface area contributed by atoms with Crippen LogP contribution in [0.4, 0.5) is 0 Å². The van der Waals surface area contributed by atoms with Crippen molar-refractivity contribution in [2.75, 3.05) is 0 Å². The first-order chi connectivity index (χ1) is 16.9. The third-order valence-corrected chi connectivity index (χ3v) is 5.47. The number of aromatic nitrogens is 1. The fraction of sp³-hybridized carbons (Fsp3) is 0.0741. The number of fused-ring (bicyclic) bond motifs is 1. The lowest BCUT2D eigenvalue weighted by molar-refractivity contribution is -0.141. The van der Waals surface area contributed by atoms with Crippen LogP contribution >= 0.6 is 0 Å². The number of hydrogen-bond donors (Lipinski definition) is 5. The molecule has 176 valence electrons. The third-order valence-electron chi connectivity index (χ3n) is 5.47. The van der Waals surface area contributed by atoms with Crippen LogP contribution in [-0.4, -0.2) is 39.0 Å². The Kier molecular flexibility index (Phi) is 6.92. The van der Waals surface area contributed by atoms with Crippen molar-refractivity contribution in [1.29, 1.82) is 0 Å². The predicted molar refractivity (Wildman–Crippen MR) is 132 cm³/mol. The Labute approximate surface area is 200 Å². The van der Waals surface area contributed by atoms with Crippen LogP contribution in [0.25, 0.3) is 17.0 Å². The minimum absolute atomic E-state index is 0.0294. The third kappa shape index (κ3) is 5.56. The molecule has 0 aliphatic carbocycles. The van der Waals surface area contributed by atoms with Crippen LogP contribution in [0.1, 0.15) is 21.5 Å². The van der Waals surface area contributed by atoms with Crippen LogP contribution in [0.5, 0.6) is 5.75 Å². The first-order valence-electron chi connectivity index (χ1n) is 10.9. The maximum atomic E-state index is 13.2. The van der Waals surface area contributed by atoms with Crippen LogP contribution in [0.2, 0.25) is 0 Å². The number of rotatable bonds is 8. The Morgan fingerprint density at radius 3 is 2.34 bits per heavy atom. The van der Waals surface area contributed by atoms with Crippen LogP contribution < -0.4 is 10.6 Å². The molecule has 1 heterocycles. The van der Waals surface area contributed by atoms with Crippen LogP contribution in [-0.2, 0) is 16.0 Å². The molecular formula is C27H23N3O5. The monoisotopic (exact) mass is 469 g/mol. The molecule has 8 nitrogen and oxygen atoms in total. The maximum Gasteiger partial charge on any atom is 0.326 e. The van der Waals surface area contributed by atoms with E-state index in [9.17, 15) is 24.6 Å². The minimum Gasteiger partial charge on any atom is -0.507 e. The van der Waals surface area contributed by atoms with Gasteiger partial charge in [-0.2, -0.15) is 0 Å². The highest BCUT2D eigenvalue weighted by atomic mass is 16.4. The number of benzene rings is 3. The van der Waals surface area contributed by atoms with Crippen molar-refractivity contribution in [2.24, 2.45) is 0 Å². The standard InChI is InChI=1S/C27H23N3O5/c31-24-13-7-4-10-18(24)14-22(29-25(32)17-8-2-1-3-9-17)26(33)30-23(27(34)35)15-19-16-28-21-12-6-5-11-20(19)21/h1-14,16,23,28,31H,15H2,(H,29,32)(H,30,33)(H,34,35)/b22-14+. The highest BCUT2D eigenvalue weighted by molar-refractivity contribution is 6.06. The van der Waals surface area contributed by atoms with E-state index in [1.807, 2.05) is 24.3 Å². The summed E-state index contributed by atoms with van der Waals surface area (Å²) in [7, 11) is 0. The zero-order valence-electron chi connectivity index (χ0n) is 18.6. The van der Waals surface area contributed by atoms with E-state index in [0.717, 1.165) is 16.5 Å². The van der Waals surface area contributed by atoms with Crippen molar-refractivity contribution < 1.29 is 24.6 Å². The topological polar surface area (TPSA) is 132 Å². The number of aromatic amines is 1. The normalized spacial score (nSPS) is 12.2. The molecule has 4 rings (SSSR count). The molecule has 0 bridgehead atoms. The lowest BCUT2D eigenvalue weighted by Crippen LogP contribution is -2.45. The van der Waals surface area contributed by atoms with E-state index >= 15 is 0 Å². The molecule has 1 aromatic heterocycles. The van der Waals surface area contributed by atoms with E-state index < -0.39 is 23.8 Å². The number of phenols is 1. The average Bonchev–Trinajstić information content (AvgIpc) is 3.27. The number of para-hydroxylation sites is 2. The summed E-state index contributed by atoms with van der Waals surface area (Å²) in [5.41, 5.74) is 1.98. The lowest BCUT2D eigenvalue weighted by atomic mass is 10.0. The van der Waals surface area contributed by atoms with Gasteiger partial charge in [0.05, 0.1) is 0 Å². The van der Waals surface area contributed by atoms with Crippen LogP contribution in [0, 0.1) is 0 Å². The molecule has 3 aromatic carbocycles. The fourth-order valence-corrected chi connectivity index (χ4v) is 3.66. The number of carbonyl (C=O) groups is 3. The second kappa shape index (κ2) is 10.4. The summed E-state index contributed by atoms with van der Waals surface area (Å²) in [6, 6.07) is 20.8. The van der Waals surface area contributed by atoms with Crippen molar-refractivity contribution in [3.8, 4) is 5.75 Å². The quantitative estimate of drug-likeness (QED) is 0.252. The van der Waals surface area contributed by atoms with Crippen molar-refractivity contribution in [2.45, 2.75) is 12.5 Å². The molecule has 1 unspecified atom stereocenters. The van der Waals surface area contributed by atoms with Crippen molar-refractivity contribution in [3.63, 3.8) is 0 Å². The molecule has 1 atom stereocenters. The van der Waals surface area contributed by atoms with Gasteiger partial charge >= 0.3 is 5.97 Å². The number of hydrogen-bond acceptors (Lipinski definition) is 4. The summed E-state index contributed by atoms with van der Waals surface area (Å²) in [5.74, 6) is -2.67. The highest BCUT2D eigenvalue weighted by Crippen LogP contribution is 2.21. The first kappa shape index (κ1) is 23.3. The number of carboxylic acids is 1. The Hall–Kier alpha value is -4.85. The Morgan fingerprint density at radius 1 is 0.914 bits per heavy atom. The number of aliphatic carboxylic acids is 1. The predicted octanol–water partition coefficient (Wildman–Crippen LogP) is 3.46. The van der Waals surface area contributed by atoms with Crippen LogP contribution in [0.3, 0.4) is 0 Å². The summed E-state index contributed by atoms with van der Waals surface area (Å²) in [6.45, 7) is 0. The molecule has 0 aliphatic heterocycles. The van der Waals surface area contributed by atoms with Gasteiger partial charge in [-0.25, -0.2) is 4.79 Å². The SMILES string of the molecule is O=C(NC(Cc1c[nH]c2ccccc12)C(=O)O)/C(=C\c1ccccc1O)NC(=O)c1ccccc1. The van der Waals surface area contributed by atoms with Crippen LogP contribution in [0.15, 0.2) is 90.8 Å². The van der Waals surface area contributed by atoms with Gasteiger partial charge in [0.1, 0.15) is 17.5 Å². The smallest absolute Gasteiger partial charge is 0.326 e. The van der Waals surface area contributed by atoms with Gasteiger partial charge in [-0.15, -0.1) is 0 Å². The van der Waals surface area contributed by atoms with E-state index in [4.69, 9.17) is 0 Å². The minimum atomic E-state index is -1.26. The van der Waals surface area contributed by atoms with E-state index in [1.54, 1.807) is 54.7 Å². The van der Waals surface area contributed by atoms with Gasteiger partial charge in [0.15, 0.2) is 0 Å². The summed E-state index contributed by atoms with van der Waals surface area (Å²) < 4.78 is 0. The zero-order chi connectivity index (χ0) is 24.8. The highest BCUT2D eigenvalue weighted by Gasteiger charge is 2.25. The van der Waals surface area contributed by atoms with E-state index in [0.29, 0.717) is 5.56 Å². The Bertz CT molecular complexity index is 1410. The summed E-state index contributed by atoms with van der Waals surface area (Å²) >= 11 is 0. The molecule has 0 saturated carbocycles. The summed E-state index contributed by atoms with van der Waals surface area (Å²) in [5, 5.41) is 25.8. The number of amides is 2. The molecule has 5 N–H and O–H groups in total. The molecule has 0 radical (unpaired) electrons. The molecular weight excluding hydrogens is 446 g/mol. The number of carboxylic acid groups (broad SMARTS) is 1. The molecule has 8 heteroatoms. The molecule has 0 spiro atoms. The van der Waals surface area contributed by atoms with Crippen molar-refractivity contribution in [1.82, 2.24) is 15.6 Å². The Balaban J connectivity index is 1.61. The number of carbonyl (C=O) groups excluding carboxylic acids is 2. The summed E-state index contributed by atoms with van der Waals surface area (Å²) in [4.78, 5) is 41.0. The largest absolute Gasteiger partial charge is 0.507 e. The lowest BCUT2D eigenvalue weighted by Gasteiger charge is -2.17. The van der Waals surface area contributed by atoms with E-state index in [1.165, 1.54) is 12.1 Å². The first-order valence-corrected chi connectivity index (χ1v) is 10.9. The Morgan fingerprint density at radius 2 is 1.60 bits per heavy atom. The molecule has 4 aromatic rings. The van der Waals surface area contributed by atoms with Gasteiger partial charge in [0.25, 0.3) is 11.8 Å². The van der Waals surface area contributed by atoms with Gasteiger partial charge in [0, 0.05) is 34.6 Å². The molecule has 0 saturated heterocycles. The number of phenolic OH excluding ortho intramolecular Hbond substituents is 1. The van der Waals surface area contributed by atoms with E-state index in [-0.39, 0.29) is 23.4 Å². The number of nitrogens with one attached hydrogen (secondary N) is 3. The van der Waals surface area contributed by atoms with Gasteiger partial charge in [-0.3, -0.25) is 9.59 Å². The van der Waals surface area contributed by atoms with Crippen molar-refractivity contribution >= 4 is 34.8 Å². The number of H-pyrrole nitrogens is 1. The molecule has 2 amide bonds. The van der Waals surface area contributed by atoms with E-state index in [2.05, 4.69) is 15.6 Å². The van der Waals surface area contributed by atoms with Crippen molar-refractivity contribution in [3.05, 3.63) is 107 Å². The molecule has 0 fully saturated rings. The second-order valence-corrected chi connectivity index (χ2v) is 7.86. The average molecular weight is 469 g/mol. The number of aromatic hydroxyl groups is 1. The maximum absolute atomic E-state index is 13.2. The van der Waals surface area contributed by atoms with Gasteiger partial charge < -0.3 is 25.8 Å². The molecule has 0 aliphatic rings. The van der Waals surface area contributed by atoms with Gasteiger partial charge in [-0.05, 0) is 35.9 Å². The van der Waals surface area contributed by atoms with Gasteiger partial charge in [0.2, 0.25) is 0 Å². The van der Waals surface area contributed by atoms with Gasteiger partial charge in [-0.1, -0.05) is 54.6 Å².